The Labute approximate surface area is 180 Å². The summed E-state index contributed by atoms with van der Waals surface area (Å²) in [6.45, 7) is 2.48. The minimum absolute atomic E-state index is 0.263. The Hall–Kier alpha value is -4.00. The van der Waals surface area contributed by atoms with Crippen molar-refractivity contribution in [1.82, 2.24) is 25.3 Å². The quantitative estimate of drug-likeness (QED) is 0.498. The van der Waals surface area contributed by atoms with Crippen LogP contribution < -0.4 is 10.1 Å². The first-order valence-corrected chi connectivity index (χ1v) is 10.1. The first kappa shape index (κ1) is 20.3. The molecule has 0 spiro atoms. The van der Waals surface area contributed by atoms with Crippen LogP contribution in [0.25, 0.3) is 16.9 Å². The molecule has 0 bridgehead atoms. The fraction of sp³-hybridized carbons (Fsp3) is 0.167. The molecule has 0 aliphatic heterocycles. The van der Waals surface area contributed by atoms with E-state index in [1.807, 2.05) is 48.5 Å². The Morgan fingerprint density at radius 1 is 0.968 bits per heavy atom. The van der Waals surface area contributed by atoms with Crippen molar-refractivity contribution in [3.63, 3.8) is 0 Å². The summed E-state index contributed by atoms with van der Waals surface area (Å²) in [5.41, 5.74) is 4.73. The maximum absolute atomic E-state index is 13.0. The highest BCUT2D eigenvalue weighted by atomic mass is 16.5. The molecule has 2 aromatic carbocycles. The predicted molar refractivity (Wildman–Crippen MR) is 118 cm³/mol. The second-order valence-electron chi connectivity index (χ2n) is 6.99. The standard InChI is InChI=1S/C24H23N5O2/c1-3-17-4-8-20(9-5-17)29-23(19-12-14-25-15-13-19)22(27-28-29)24(30)26-16-18-6-10-21(31-2)11-7-18/h4-15H,3,16H2,1-2H3,(H,26,30). The molecule has 0 unspecified atom stereocenters. The number of hydrogen-bond acceptors (Lipinski definition) is 5. The number of nitrogens with one attached hydrogen (secondary N) is 1. The number of pyridine rings is 1. The third-order valence-electron chi connectivity index (χ3n) is 5.04. The van der Waals surface area contributed by atoms with Gasteiger partial charge in [0.15, 0.2) is 5.69 Å². The maximum Gasteiger partial charge on any atom is 0.274 e. The molecular weight excluding hydrogens is 390 g/mol. The summed E-state index contributed by atoms with van der Waals surface area (Å²) in [6, 6.07) is 19.3. The fourth-order valence-electron chi connectivity index (χ4n) is 3.27. The molecule has 0 saturated carbocycles. The average molecular weight is 413 g/mol. The number of methoxy groups -OCH3 is 1. The van der Waals surface area contributed by atoms with E-state index in [1.54, 1.807) is 24.2 Å². The summed E-state index contributed by atoms with van der Waals surface area (Å²) in [6.07, 6.45) is 4.33. The third-order valence-corrected chi connectivity index (χ3v) is 5.04. The number of benzene rings is 2. The maximum atomic E-state index is 13.0. The zero-order valence-corrected chi connectivity index (χ0v) is 17.4. The number of aryl methyl sites for hydroxylation is 1. The summed E-state index contributed by atoms with van der Waals surface area (Å²) < 4.78 is 6.87. The van der Waals surface area contributed by atoms with E-state index in [0.29, 0.717) is 12.2 Å². The monoisotopic (exact) mass is 413 g/mol. The molecule has 4 rings (SSSR count). The summed E-state index contributed by atoms with van der Waals surface area (Å²) in [4.78, 5) is 17.1. The topological polar surface area (TPSA) is 81.9 Å². The highest BCUT2D eigenvalue weighted by Crippen LogP contribution is 2.25. The lowest BCUT2D eigenvalue weighted by molar-refractivity contribution is 0.0946. The van der Waals surface area contributed by atoms with Crippen molar-refractivity contribution in [2.75, 3.05) is 7.11 Å². The van der Waals surface area contributed by atoms with Crippen molar-refractivity contribution in [3.8, 4) is 22.7 Å². The summed E-state index contributed by atoms with van der Waals surface area (Å²) >= 11 is 0. The first-order valence-electron chi connectivity index (χ1n) is 10.1. The highest BCUT2D eigenvalue weighted by molar-refractivity contribution is 5.98. The number of ether oxygens (including phenoxy) is 1. The van der Waals surface area contributed by atoms with Crippen LogP contribution in [0.3, 0.4) is 0 Å². The molecule has 0 saturated heterocycles. The van der Waals surface area contributed by atoms with E-state index in [9.17, 15) is 4.79 Å². The molecular formula is C24H23N5O2. The first-order chi connectivity index (χ1) is 15.2. The van der Waals surface area contributed by atoms with Gasteiger partial charge in [-0.15, -0.1) is 5.10 Å². The van der Waals surface area contributed by atoms with Gasteiger partial charge in [0, 0.05) is 24.5 Å². The molecule has 0 fully saturated rings. The molecule has 2 aromatic heterocycles. The Balaban J connectivity index is 1.64. The van der Waals surface area contributed by atoms with E-state index >= 15 is 0 Å². The van der Waals surface area contributed by atoms with Gasteiger partial charge >= 0.3 is 0 Å². The second-order valence-corrected chi connectivity index (χ2v) is 6.99. The molecule has 4 aromatic rings. The van der Waals surface area contributed by atoms with Crippen LogP contribution in [0.4, 0.5) is 0 Å². The van der Waals surface area contributed by atoms with Crippen LogP contribution in [-0.4, -0.2) is 33.0 Å². The van der Waals surface area contributed by atoms with Crippen LogP contribution in [0.15, 0.2) is 73.1 Å². The van der Waals surface area contributed by atoms with Crippen LogP contribution in [-0.2, 0) is 13.0 Å². The molecule has 1 amide bonds. The van der Waals surface area contributed by atoms with Crippen LogP contribution in [0.1, 0.15) is 28.5 Å². The van der Waals surface area contributed by atoms with Gasteiger partial charge in [0.05, 0.1) is 12.8 Å². The Kier molecular flexibility index (Phi) is 6.03. The van der Waals surface area contributed by atoms with Gasteiger partial charge in [0.2, 0.25) is 0 Å². The zero-order valence-electron chi connectivity index (χ0n) is 17.4. The molecule has 31 heavy (non-hydrogen) atoms. The van der Waals surface area contributed by atoms with E-state index in [0.717, 1.165) is 29.0 Å². The molecule has 0 atom stereocenters. The smallest absolute Gasteiger partial charge is 0.274 e. The van der Waals surface area contributed by atoms with Gasteiger partial charge in [-0.05, 0) is 53.9 Å². The highest BCUT2D eigenvalue weighted by Gasteiger charge is 2.22. The number of nitrogens with zero attached hydrogens (tertiary/aromatic N) is 4. The van der Waals surface area contributed by atoms with E-state index in [-0.39, 0.29) is 11.6 Å². The van der Waals surface area contributed by atoms with Gasteiger partial charge in [-0.1, -0.05) is 36.4 Å². The molecule has 0 aliphatic rings. The molecule has 7 heteroatoms. The normalized spacial score (nSPS) is 10.6. The van der Waals surface area contributed by atoms with Gasteiger partial charge in [-0.25, -0.2) is 4.68 Å². The minimum atomic E-state index is -0.293. The van der Waals surface area contributed by atoms with Gasteiger partial charge in [-0.2, -0.15) is 0 Å². The Bertz CT molecular complexity index is 1150. The zero-order chi connectivity index (χ0) is 21.6. The predicted octanol–water partition coefficient (Wildman–Crippen LogP) is 3.83. The third kappa shape index (κ3) is 4.45. The van der Waals surface area contributed by atoms with Crippen LogP contribution in [0, 0.1) is 0 Å². The molecule has 2 heterocycles. The van der Waals surface area contributed by atoms with Gasteiger partial charge in [0.25, 0.3) is 5.91 Å². The van der Waals surface area contributed by atoms with Crippen molar-refractivity contribution in [2.45, 2.75) is 19.9 Å². The van der Waals surface area contributed by atoms with Gasteiger partial charge < -0.3 is 10.1 Å². The van der Waals surface area contributed by atoms with E-state index in [4.69, 9.17) is 4.74 Å². The number of carbonyl (C=O) groups excluding carboxylic acids is 1. The molecule has 156 valence electrons. The number of hydrogen-bond donors (Lipinski definition) is 1. The van der Waals surface area contributed by atoms with Gasteiger partial charge in [-0.3, -0.25) is 9.78 Å². The number of carbonyl (C=O) groups is 1. The number of rotatable bonds is 7. The van der Waals surface area contributed by atoms with E-state index in [2.05, 4.69) is 39.7 Å². The molecule has 0 aliphatic carbocycles. The molecule has 1 N–H and O–H groups in total. The number of aromatic nitrogens is 4. The summed E-state index contributed by atoms with van der Waals surface area (Å²) in [5, 5.41) is 11.4. The minimum Gasteiger partial charge on any atom is -0.497 e. The largest absolute Gasteiger partial charge is 0.497 e. The fourth-order valence-corrected chi connectivity index (χ4v) is 3.27. The molecule has 7 nitrogen and oxygen atoms in total. The van der Waals surface area contributed by atoms with Crippen molar-refractivity contribution in [2.24, 2.45) is 0 Å². The Morgan fingerprint density at radius 3 is 2.29 bits per heavy atom. The summed E-state index contributed by atoms with van der Waals surface area (Å²) in [5.74, 6) is 0.478. The van der Waals surface area contributed by atoms with Crippen molar-refractivity contribution < 1.29 is 9.53 Å². The number of amides is 1. The van der Waals surface area contributed by atoms with Crippen LogP contribution in [0.5, 0.6) is 5.75 Å². The van der Waals surface area contributed by atoms with Crippen molar-refractivity contribution in [1.29, 1.82) is 0 Å². The SMILES string of the molecule is CCc1ccc(-n2nnc(C(=O)NCc3ccc(OC)cc3)c2-c2ccncc2)cc1. The van der Waals surface area contributed by atoms with Crippen molar-refractivity contribution in [3.05, 3.63) is 89.9 Å². The van der Waals surface area contributed by atoms with E-state index in [1.165, 1.54) is 5.56 Å². The second kappa shape index (κ2) is 9.21. The van der Waals surface area contributed by atoms with Crippen molar-refractivity contribution >= 4 is 5.91 Å². The van der Waals surface area contributed by atoms with E-state index < -0.39 is 0 Å². The lowest BCUT2D eigenvalue weighted by Crippen LogP contribution is -2.24. The lowest BCUT2D eigenvalue weighted by Gasteiger charge is -2.10. The summed E-state index contributed by atoms with van der Waals surface area (Å²) in [7, 11) is 1.62. The van der Waals surface area contributed by atoms with Gasteiger partial charge in [0.1, 0.15) is 11.4 Å². The molecule has 0 radical (unpaired) electrons. The lowest BCUT2D eigenvalue weighted by atomic mass is 10.1. The van der Waals surface area contributed by atoms with Crippen LogP contribution >= 0.6 is 0 Å². The Morgan fingerprint density at radius 2 is 1.65 bits per heavy atom. The van der Waals surface area contributed by atoms with Crippen LogP contribution in [0.2, 0.25) is 0 Å². The average Bonchev–Trinajstić information content (AvgIpc) is 3.29.